The van der Waals surface area contributed by atoms with Crippen LogP contribution in [0, 0.1) is 28.6 Å². The Bertz CT molecular complexity index is 996. The van der Waals surface area contributed by atoms with Gasteiger partial charge < -0.3 is 40.1 Å². The van der Waals surface area contributed by atoms with Gasteiger partial charge in [-0.15, -0.1) is 0 Å². The van der Waals surface area contributed by atoms with Crippen molar-refractivity contribution in [3.63, 3.8) is 0 Å². The predicted octanol–water partition coefficient (Wildman–Crippen LogP) is -0.0466. The Morgan fingerprint density at radius 1 is 1.08 bits per heavy atom. The zero-order chi connectivity index (χ0) is 27.1. The van der Waals surface area contributed by atoms with Crippen LogP contribution < -0.4 is 0 Å². The summed E-state index contributed by atoms with van der Waals surface area (Å²) in [7, 11) is 0. The van der Waals surface area contributed by atoms with E-state index >= 15 is 0 Å². The van der Waals surface area contributed by atoms with Gasteiger partial charge in [0.05, 0.1) is 12.7 Å². The Hall–Kier alpha value is -1.24. The summed E-state index contributed by atoms with van der Waals surface area (Å²) in [6.07, 6.45) is -2.74. The Labute approximate surface area is 216 Å². The van der Waals surface area contributed by atoms with Crippen LogP contribution >= 0.6 is 0 Å². The van der Waals surface area contributed by atoms with Crippen molar-refractivity contribution in [2.75, 3.05) is 6.61 Å². The Kier molecular flexibility index (Phi) is 6.57. The topological polar surface area (TPSA) is 174 Å². The van der Waals surface area contributed by atoms with E-state index in [-0.39, 0.29) is 35.2 Å². The van der Waals surface area contributed by atoms with Crippen LogP contribution in [0.1, 0.15) is 65.7 Å². The lowest BCUT2D eigenvalue weighted by Crippen LogP contribution is -2.70. The maximum absolute atomic E-state index is 12.8. The fraction of sp³-hybridized carbons (Fsp3) is 0.852. The zero-order valence-electron chi connectivity index (χ0n) is 21.7. The van der Waals surface area contributed by atoms with Crippen molar-refractivity contribution in [3.05, 3.63) is 11.6 Å². The third-order valence-corrected chi connectivity index (χ3v) is 10.9. The van der Waals surface area contributed by atoms with Crippen LogP contribution in [0.25, 0.3) is 0 Å². The fourth-order valence-electron chi connectivity index (χ4n) is 8.73. The van der Waals surface area contributed by atoms with Gasteiger partial charge in [0.1, 0.15) is 29.7 Å². The van der Waals surface area contributed by atoms with E-state index in [1.807, 2.05) is 6.92 Å². The quantitative estimate of drug-likeness (QED) is 0.274. The number of ether oxygens (including phenoxy) is 2. The fourth-order valence-corrected chi connectivity index (χ4v) is 8.73. The molecule has 5 aliphatic rings. The zero-order valence-corrected chi connectivity index (χ0v) is 21.7. The van der Waals surface area contributed by atoms with Crippen LogP contribution in [0.3, 0.4) is 0 Å². The summed E-state index contributed by atoms with van der Waals surface area (Å²) < 4.78 is 11.4. The maximum atomic E-state index is 12.8. The van der Waals surface area contributed by atoms with Crippen molar-refractivity contribution < 1.29 is 49.7 Å². The van der Waals surface area contributed by atoms with Gasteiger partial charge >= 0.3 is 5.97 Å². The first-order valence-electron chi connectivity index (χ1n) is 13.4. The number of ketones is 2. The molecule has 0 aromatic heterocycles. The number of fused-ring (bicyclic) bond motifs is 5. The van der Waals surface area contributed by atoms with Gasteiger partial charge in [0.2, 0.25) is 0 Å². The average molecular weight is 525 g/mol. The molecule has 1 aliphatic heterocycles. The SMILES string of the molecule is CC(=O)C1CC(OC2(O)OC(CO)C(O)C(O)C2O)C2(O)C3CCC4=CC(=O)CCC4(C)C3CCC12C. The van der Waals surface area contributed by atoms with Crippen molar-refractivity contribution >= 4 is 11.6 Å². The number of aliphatic hydroxyl groups excluding tert-OH is 4. The van der Waals surface area contributed by atoms with Gasteiger partial charge in [-0.05, 0) is 68.8 Å². The van der Waals surface area contributed by atoms with Gasteiger partial charge in [0.25, 0.3) is 0 Å². The van der Waals surface area contributed by atoms with Crippen LogP contribution in [-0.2, 0) is 19.1 Å². The van der Waals surface area contributed by atoms with E-state index in [1.54, 1.807) is 6.08 Å². The van der Waals surface area contributed by atoms with Crippen LogP contribution in [0.2, 0.25) is 0 Å². The second-order valence-electron chi connectivity index (χ2n) is 12.5. The minimum absolute atomic E-state index is 0.0138. The van der Waals surface area contributed by atoms with Gasteiger partial charge in [-0.1, -0.05) is 19.4 Å². The lowest BCUT2D eigenvalue weighted by atomic mass is 9.45. The molecule has 0 aromatic carbocycles. The molecule has 12 atom stereocenters. The molecule has 4 aliphatic carbocycles. The molecular formula is C27H40O10. The van der Waals surface area contributed by atoms with Gasteiger partial charge in [-0.25, -0.2) is 0 Å². The molecule has 1 heterocycles. The van der Waals surface area contributed by atoms with Gasteiger partial charge in [-0.3, -0.25) is 9.59 Å². The number of carbonyl (C=O) groups is 2. The molecule has 37 heavy (non-hydrogen) atoms. The molecule has 5 rings (SSSR count). The molecule has 0 bridgehead atoms. The molecule has 4 fully saturated rings. The largest absolute Gasteiger partial charge is 0.394 e. The first-order valence-corrected chi connectivity index (χ1v) is 13.4. The third-order valence-electron chi connectivity index (χ3n) is 10.9. The highest BCUT2D eigenvalue weighted by molar-refractivity contribution is 5.91. The minimum Gasteiger partial charge on any atom is -0.394 e. The number of carbonyl (C=O) groups excluding carboxylic acids is 2. The summed E-state index contributed by atoms with van der Waals surface area (Å²) in [5.74, 6) is -3.70. The van der Waals surface area contributed by atoms with Crippen LogP contribution in [-0.4, -0.2) is 90.9 Å². The third kappa shape index (κ3) is 3.67. The van der Waals surface area contributed by atoms with E-state index in [2.05, 4.69) is 6.92 Å². The smallest absolute Gasteiger partial charge is 0.311 e. The highest BCUT2D eigenvalue weighted by atomic mass is 16.8. The number of allylic oxidation sites excluding steroid dienone is 1. The molecule has 12 unspecified atom stereocenters. The molecule has 208 valence electrons. The molecule has 0 amide bonds. The first kappa shape index (κ1) is 27.3. The van der Waals surface area contributed by atoms with Gasteiger partial charge in [0, 0.05) is 17.8 Å². The second kappa shape index (κ2) is 8.89. The lowest BCUT2D eigenvalue weighted by Gasteiger charge is -2.62. The van der Waals surface area contributed by atoms with E-state index in [9.17, 15) is 40.2 Å². The highest BCUT2D eigenvalue weighted by Crippen LogP contribution is 2.69. The van der Waals surface area contributed by atoms with Crippen LogP contribution in [0.4, 0.5) is 0 Å². The molecule has 10 nitrogen and oxygen atoms in total. The van der Waals surface area contributed by atoms with Crippen molar-refractivity contribution in [3.8, 4) is 0 Å². The van der Waals surface area contributed by atoms with Gasteiger partial charge in [-0.2, -0.15) is 0 Å². The van der Waals surface area contributed by atoms with E-state index in [0.29, 0.717) is 32.1 Å². The number of hydrogen-bond acceptors (Lipinski definition) is 10. The van der Waals surface area contributed by atoms with Crippen molar-refractivity contribution in [1.29, 1.82) is 0 Å². The molecule has 0 spiro atoms. The molecule has 3 saturated carbocycles. The summed E-state index contributed by atoms with van der Waals surface area (Å²) in [5, 5.41) is 64.6. The summed E-state index contributed by atoms with van der Waals surface area (Å²) in [6, 6.07) is 0. The van der Waals surface area contributed by atoms with Crippen molar-refractivity contribution in [2.45, 2.75) is 108 Å². The second-order valence-corrected chi connectivity index (χ2v) is 12.5. The molecule has 1 saturated heterocycles. The predicted molar refractivity (Wildman–Crippen MR) is 128 cm³/mol. The van der Waals surface area contributed by atoms with Crippen LogP contribution in [0.15, 0.2) is 11.6 Å². The molecule has 0 aromatic rings. The minimum atomic E-state index is -2.83. The monoisotopic (exact) mass is 524 g/mol. The van der Waals surface area contributed by atoms with Crippen molar-refractivity contribution in [2.24, 2.45) is 28.6 Å². The maximum Gasteiger partial charge on any atom is 0.311 e. The van der Waals surface area contributed by atoms with E-state index in [4.69, 9.17) is 9.47 Å². The lowest BCUT2D eigenvalue weighted by molar-refractivity contribution is -0.467. The Morgan fingerprint density at radius 2 is 1.78 bits per heavy atom. The number of hydrogen-bond donors (Lipinski definition) is 6. The molecular weight excluding hydrogens is 484 g/mol. The Balaban J connectivity index is 1.54. The summed E-state index contributed by atoms with van der Waals surface area (Å²) in [5.41, 5.74) is -1.65. The molecule has 0 radical (unpaired) electrons. The van der Waals surface area contributed by atoms with E-state index < -0.39 is 60.0 Å². The van der Waals surface area contributed by atoms with Gasteiger partial charge in [0.15, 0.2) is 11.9 Å². The number of rotatable bonds is 4. The van der Waals surface area contributed by atoms with Crippen molar-refractivity contribution in [1.82, 2.24) is 0 Å². The van der Waals surface area contributed by atoms with E-state index in [0.717, 1.165) is 12.0 Å². The standard InChI is InChI=1S/C27H40O10/c1-13(29)18-11-20(37-27(35)23(33)22(32)21(31)19(12-28)36-27)26(34)17-5-4-14-10-15(30)6-8-24(14,2)16(17)7-9-25(18,26)3/h10,16-23,28,31-35H,4-9,11-12H2,1-3H3. The van der Waals surface area contributed by atoms with Crippen LogP contribution in [0.5, 0.6) is 0 Å². The molecule has 6 N–H and O–H groups in total. The number of Topliss-reactive ketones (excluding diaryl/α,β-unsaturated/α-hetero) is 1. The summed E-state index contributed by atoms with van der Waals surface area (Å²) in [4.78, 5) is 25.0. The highest BCUT2D eigenvalue weighted by Gasteiger charge is 2.73. The normalized spacial score (nSPS) is 53.6. The molecule has 10 heteroatoms. The van der Waals surface area contributed by atoms with E-state index in [1.165, 1.54) is 6.92 Å². The summed E-state index contributed by atoms with van der Waals surface area (Å²) in [6.45, 7) is 4.75. The average Bonchev–Trinajstić information content (AvgIpc) is 3.08. The number of aliphatic hydroxyl groups is 6. The Morgan fingerprint density at radius 3 is 2.43 bits per heavy atom. The summed E-state index contributed by atoms with van der Waals surface area (Å²) >= 11 is 0. The first-order chi connectivity index (χ1) is 17.2.